The van der Waals surface area contributed by atoms with Crippen molar-refractivity contribution in [1.29, 1.82) is 0 Å². The van der Waals surface area contributed by atoms with Gasteiger partial charge in [0.25, 0.3) is 5.91 Å². The van der Waals surface area contributed by atoms with Crippen molar-refractivity contribution in [2.24, 2.45) is 0 Å². The smallest absolute Gasteiger partial charge is 0.371 e. The lowest BCUT2D eigenvalue weighted by Crippen LogP contribution is -2.48. The van der Waals surface area contributed by atoms with Crippen molar-refractivity contribution in [3.63, 3.8) is 0 Å². The third-order valence-corrected chi connectivity index (χ3v) is 7.84. The molecule has 4 rings (SSSR count). The van der Waals surface area contributed by atoms with Crippen molar-refractivity contribution in [3.8, 4) is 0 Å². The summed E-state index contributed by atoms with van der Waals surface area (Å²) in [6.07, 6.45) is -0.655. The summed E-state index contributed by atoms with van der Waals surface area (Å²) in [6.45, 7) is 2.32. The fourth-order valence-electron chi connectivity index (χ4n) is 5.28. The van der Waals surface area contributed by atoms with Crippen molar-refractivity contribution in [1.82, 2.24) is 9.80 Å². The Labute approximate surface area is 233 Å². The molecule has 2 aromatic carbocycles. The molecule has 0 aliphatic carbocycles. The summed E-state index contributed by atoms with van der Waals surface area (Å²) in [4.78, 5) is 30.7. The van der Waals surface area contributed by atoms with Crippen molar-refractivity contribution in [2.45, 2.75) is 49.9 Å². The number of benzene rings is 2. The Kier molecular flexibility index (Phi) is 9.46. The van der Waals surface area contributed by atoms with Gasteiger partial charge in [-0.1, -0.05) is 41.9 Å². The molecule has 7 nitrogen and oxygen atoms in total. The van der Waals surface area contributed by atoms with Gasteiger partial charge in [0.2, 0.25) is 5.91 Å². The number of ether oxygens (including phenoxy) is 2. The monoisotopic (exact) mass is 563 g/mol. The highest BCUT2D eigenvalue weighted by Crippen LogP contribution is 2.37. The first-order chi connectivity index (χ1) is 18.6. The molecule has 39 heavy (non-hydrogen) atoms. The van der Waals surface area contributed by atoms with Crippen LogP contribution in [0.1, 0.15) is 47.5 Å². The Morgan fingerprint density at radius 2 is 1.56 bits per heavy atom. The standard InChI is InChI=1S/C29H36ClF2N3O4/c1-33(2)27(36)24-10-9-21(19-25(24)30)34-15-11-22(12-16-34)39-23-13-17-35(18-14-23)28(37)26(29(31,32)38-3)20-7-5-4-6-8-20/h4-10,19,22-23,26H,11-18H2,1-3H3. The van der Waals surface area contributed by atoms with Gasteiger partial charge in [-0.2, -0.15) is 8.78 Å². The van der Waals surface area contributed by atoms with Gasteiger partial charge in [0.1, 0.15) is 0 Å². The van der Waals surface area contributed by atoms with Crippen molar-refractivity contribution in [3.05, 3.63) is 64.7 Å². The zero-order valence-electron chi connectivity index (χ0n) is 22.6. The molecular formula is C29H36ClF2N3O4. The Hall–Kier alpha value is -2.75. The predicted octanol–water partition coefficient (Wildman–Crippen LogP) is 5.04. The quantitative estimate of drug-likeness (QED) is 0.450. The van der Waals surface area contributed by atoms with Gasteiger partial charge in [-0.3, -0.25) is 9.59 Å². The highest BCUT2D eigenvalue weighted by Gasteiger charge is 2.48. The summed E-state index contributed by atoms with van der Waals surface area (Å²) in [5, 5.41) is 0.434. The van der Waals surface area contributed by atoms with Crippen molar-refractivity contribution in [2.75, 3.05) is 52.3 Å². The number of carbonyl (C=O) groups is 2. The van der Waals surface area contributed by atoms with Crippen LogP contribution in [0.4, 0.5) is 14.5 Å². The number of carbonyl (C=O) groups excluding carboxylic acids is 2. The van der Waals surface area contributed by atoms with Crippen LogP contribution in [0.5, 0.6) is 0 Å². The van der Waals surface area contributed by atoms with Crippen LogP contribution in [0.25, 0.3) is 0 Å². The number of methoxy groups -OCH3 is 1. The lowest BCUT2D eigenvalue weighted by Gasteiger charge is -2.39. The van der Waals surface area contributed by atoms with E-state index in [9.17, 15) is 18.4 Å². The average Bonchev–Trinajstić information content (AvgIpc) is 2.94. The maximum Gasteiger partial charge on any atom is 0.371 e. The molecule has 10 heteroatoms. The summed E-state index contributed by atoms with van der Waals surface area (Å²) in [5.41, 5.74) is 1.69. The third kappa shape index (κ3) is 6.88. The summed E-state index contributed by atoms with van der Waals surface area (Å²) in [5.74, 6) is -2.44. The number of rotatable bonds is 8. The molecule has 0 aromatic heterocycles. The molecule has 2 amide bonds. The Bertz CT molecular complexity index is 1130. The van der Waals surface area contributed by atoms with Gasteiger partial charge in [0.05, 0.1) is 22.8 Å². The molecule has 2 heterocycles. The molecule has 212 valence electrons. The normalized spacial score (nSPS) is 18.2. The van der Waals surface area contributed by atoms with Crippen LogP contribution in [-0.2, 0) is 14.3 Å². The first kappa shape index (κ1) is 29.2. The largest absolute Gasteiger partial charge is 0.375 e. The van der Waals surface area contributed by atoms with Crippen LogP contribution in [0.15, 0.2) is 48.5 Å². The summed E-state index contributed by atoms with van der Waals surface area (Å²) >= 11 is 6.39. The molecule has 2 fully saturated rings. The summed E-state index contributed by atoms with van der Waals surface area (Å²) in [6, 6.07) is 13.6. The number of likely N-dealkylation sites (tertiary alicyclic amines) is 1. The SMILES string of the molecule is COC(F)(F)C(C(=O)N1CCC(OC2CCN(c3ccc(C(=O)N(C)C)c(Cl)c3)CC2)CC1)c1ccccc1. The van der Waals surface area contributed by atoms with E-state index in [2.05, 4.69) is 9.64 Å². The molecule has 2 aliphatic heterocycles. The molecule has 0 spiro atoms. The van der Waals surface area contributed by atoms with Crippen LogP contribution >= 0.6 is 11.6 Å². The molecule has 0 N–H and O–H groups in total. The van der Waals surface area contributed by atoms with Crippen LogP contribution in [0.2, 0.25) is 5.02 Å². The second kappa shape index (κ2) is 12.6. The number of amides is 2. The number of piperidine rings is 2. The van der Waals surface area contributed by atoms with E-state index < -0.39 is 17.9 Å². The van der Waals surface area contributed by atoms with Gasteiger partial charge in [-0.05, 0) is 49.4 Å². The van der Waals surface area contributed by atoms with E-state index in [1.165, 1.54) is 21.9 Å². The van der Waals surface area contributed by atoms with Gasteiger partial charge in [0.15, 0.2) is 5.92 Å². The molecule has 2 saturated heterocycles. The fraction of sp³-hybridized carbons (Fsp3) is 0.517. The number of hydrogen-bond acceptors (Lipinski definition) is 5. The van der Waals surface area contributed by atoms with E-state index in [4.69, 9.17) is 16.3 Å². The Balaban J connectivity index is 1.28. The summed E-state index contributed by atoms with van der Waals surface area (Å²) in [7, 11) is 4.31. The minimum atomic E-state index is -3.60. The fourth-order valence-corrected chi connectivity index (χ4v) is 5.53. The van der Waals surface area contributed by atoms with Crippen LogP contribution in [0, 0.1) is 0 Å². The van der Waals surface area contributed by atoms with Gasteiger partial charge < -0.3 is 24.2 Å². The molecule has 0 bridgehead atoms. The second-order valence-corrected chi connectivity index (χ2v) is 10.7. The van der Waals surface area contributed by atoms with Crippen LogP contribution < -0.4 is 4.90 Å². The van der Waals surface area contributed by atoms with Crippen molar-refractivity contribution < 1.29 is 27.8 Å². The van der Waals surface area contributed by atoms with Crippen LogP contribution in [-0.4, -0.2) is 87.3 Å². The van der Waals surface area contributed by atoms with Gasteiger partial charge in [0, 0.05) is 53.1 Å². The minimum Gasteiger partial charge on any atom is -0.375 e. The molecule has 1 atom stereocenters. The predicted molar refractivity (Wildman–Crippen MR) is 147 cm³/mol. The second-order valence-electron chi connectivity index (χ2n) is 10.3. The third-order valence-electron chi connectivity index (χ3n) is 7.52. The number of alkyl halides is 2. The molecule has 0 radical (unpaired) electrons. The van der Waals surface area contributed by atoms with Crippen LogP contribution in [0.3, 0.4) is 0 Å². The first-order valence-corrected chi connectivity index (χ1v) is 13.7. The van der Waals surface area contributed by atoms with E-state index in [0.717, 1.165) is 38.7 Å². The Morgan fingerprint density at radius 1 is 0.974 bits per heavy atom. The van der Waals surface area contributed by atoms with Gasteiger partial charge >= 0.3 is 6.11 Å². The Morgan fingerprint density at radius 3 is 2.10 bits per heavy atom. The minimum absolute atomic E-state index is 0.0190. The van der Waals surface area contributed by atoms with E-state index in [1.807, 2.05) is 12.1 Å². The zero-order chi connectivity index (χ0) is 28.2. The molecular weight excluding hydrogens is 528 g/mol. The maximum absolute atomic E-state index is 14.6. The number of halogens is 3. The molecule has 2 aliphatic rings. The lowest BCUT2D eigenvalue weighted by atomic mass is 9.94. The van der Waals surface area contributed by atoms with E-state index in [-0.39, 0.29) is 23.7 Å². The molecule has 1 unspecified atom stereocenters. The van der Waals surface area contributed by atoms with Crippen molar-refractivity contribution >= 4 is 29.1 Å². The maximum atomic E-state index is 14.6. The highest BCUT2D eigenvalue weighted by molar-refractivity contribution is 6.34. The number of hydrogen-bond donors (Lipinski definition) is 0. The number of nitrogens with zero attached hydrogens (tertiary/aromatic N) is 3. The molecule has 0 saturated carbocycles. The average molecular weight is 564 g/mol. The number of anilines is 1. The van der Waals surface area contributed by atoms with E-state index >= 15 is 0 Å². The zero-order valence-corrected chi connectivity index (χ0v) is 23.4. The lowest BCUT2D eigenvalue weighted by molar-refractivity contribution is -0.238. The highest BCUT2D eigenvalue weighted by atomic mass is 35.5. The van der Waals surface area contributed by atoms with Gasteiger partial charge in [-0.15, -0.1) is 0 Å². The first-order valence-electron chi connectivity index (χ1n) is 13.3. The summed E-state index contributed by atoms with van der Waals surface area (Å²) < 4.78 is 40.1. The molecule has 2 aromatic rings. The van der Waals surface area contributed by atoms with Gasteiger partial charge in [-0.25, -0.2) is 0 Å². The van der Waals surface area contributed by atoms with E-state index in [1.54, 1.807) is 38.4 Å². The van der Waals surface area contributed by atoms with E-state index in [0.29, 0.717) is 36.5 Å². The topological polar surface area (TPSA) is 62.3 Å².